The van der Waals surface area contributed by atoms with Crippen molar-refractivity contribution in [3.63, 3.8) is 0 Å². The SMILES string of the molecule is CC(C)CCC(C)NC(CN(C)C)c1ccccc1. The van der Waals surface area contributed by atoms with E-state index in [1.807, 2.05) is 0 Å². The van der Waals surface area contributed by atoms with Crippen LogP contribution in [0.1, 0.15) is 45.2 Å². The van der Waals surface area contributed by atoms with Crippen LogP contribution in [0.15, 0.2) is 30.3 Å². The van der Waals surface area contributed by atoms with Gasteiger partial charge in [0.05, 0.1) is 0 Å². The molecule has 1 aromatic rings. The Bertz CT molecular complexity index is 332. The van der Waals surface area contributed by atoms with E-state index in [0.29, 0.717) is 12.1 Å². The molecule has 0 fully saturated rings. The second-order valence-corrected chi connectivity index (χ2v) is 6.26. The summed E-state index contributed by atoms with van der Waals surface area (Å²) in [5, 5.41) is 3.78. The zero-order chi connectivity index (χ0) is 14.3. The van der Waals surface area contributed by atoms with Gasteiger partial charge in [0.25, 0.3) is 0 Å². The van der Waals surface area contributed by atoms with E-state index in [9.17, 15) is 0 Å². The number of nitrogens with zero attached hydrogens (tertiary/aromatic N) is 1. The molecule has 0 bridgehead atoms. The second kappa shape index (κ2) is 8.34. The minimum atomic E-state index is 0.415. The van der Waals surface area contributed by atoms with Crippen LogP contribution in [0.25, 0.3) is 0 Å². The minimum Gasteiger partial charge on any atom is -0.308 e. The highest BCUT2D eigenvalue weighted by molar-refractivity contribution is 5.19. The van der Waals surface area contributed by atoms with E-state index in [0.717, 1.165) is 12.5 Å². The van der Waals surface area contributed by atoms with Gasteiger partial charge in [0.15, 0.2) is 0 Å². The van der Waals surface area contributed by atoms with Crippen LogP contribution in [0.3, 0.4) is 0 Å². The van der Waals surface area contributed by atoms with Crippen molar-refractivity contribution in [2.45, 2.75) is 45.7 Å². The normalized spacial score (nSPS) is 14.9. The third kappa shape index (κ3) is 6.74. The Hall–Kier alpha value is -0.860. The van der Waals surface area contributed by atoms with Crippen LogP contribution in [0.5, 0.6) is 0 Å². The summed E-state index contributed by atoms with van der Waals surface area (Å²) in [6.07, 6.45) is 2.53. The maximum atomic E-state index is 3.78. The van der Waals surface area contributed by atoms with Crippen molar-refractivity contribution in [3.05, 3.63) is 35.9 Å². The van der Waals surface area contributed by atoms with Crippen molar-refractivity contribution in [1.82, 2.24) is 10.2 Å². The molecule has 0 heterocycles. The van der Waals surface area contributed by atoms with E-state index in [4.69, 9.17) is 0 Å². The second-order valence-electron chi connectivity index (χ2n) is 6.26. The average molecular weight is 262 g/mol. The van der Waals surface area contributed by atoms with Crippen LogP contribution < -0.4 is 5.32 Å². The Labute approximate surface area is 119 Å². The van der Waals surface area contributed by atoms with Crippen LogP contribution in [-0.2, 0) is 0 Å². The zero-order valence-electron chi connectivity index (χ0n) is 13.2. The molecule has 1 aromatic carbocycles. The van der Waals surface area contributed by atoms with E-state index >= 15 is 0 Å². The highest BCUT2D eigenvalue weighted by Crippen LogP contribution is 2.16. The summed E-state index contributed by atoms with van der Waals surface area (Å²) in [6.45, 7) is 7.92. The van der Waals surface area contributed by atoms with Gasteiger partial charge in [-0.2, -0.15) is 0 Å². The van der Waals surface area contributed by atoms with Crippen LogP contribution in [0.2, 0.25) is 0 Å². The van der Waals surface area contributed by atoms with E-state index in [1.165, 1.54) is 18.4 Å². The van der Waals surface area contributed by atoms with Gasteiger partial charge in [-0.15, -0.1) is 0 Å². The summed E-state index contributed by atoms with van der Waals surface area (Å²) >= 11 is 0. The smallest absolute Gasteiger partial charge is 0.0451 e. The van der Waals surface area contributed by atoms with Crippen LogP contribution in [0, 0.1) is 5.92 Å². The molecule has 0 aliphatic rings. The standard InChI is InChI=1S/C17H30N2/c1-14(2)11-12-15(3)18-17(13-19(4)5)16-9-7-6-8-10-16/h6-10,14-15,17-18H,11-13H2,1-5H3. The van der Waals surface area contributed by atoms with Gasteiger partial charge >= 0.3 is 0 Å². The van der Waals surface area contributed by atoms with Crippen LogP contribution >= 0.6 is 0 Å². The predicted molar refractivity (Wildman–Crippen MR) is 84.4 cm³/mol. The molecule has 0 aliphatic carbocycles. The highest BCUT2D eigenvalue weighted by atomic mass is 15.1. The van der Waals surface area contributed by atoms with Gasteiger partial charge in [-0.05, 0) is 45.3 Å². The zero-order valence-corrected chi connectivity index (χ0v) is 13.2. The van der Waals surface area contributed by atoms with Crippen molar-refractivity contribution < 1.29 is 0 Å². The Kier molecular flexibility index (Phi) is 7.11. The lowest BCUT2D eigenvalue weighted by Gasteiger charge is -2.27. The molecular formula is C17H30N2. The Morgan fingerprint density at radius 3 is 2.16 bits per heavy atom. The van der Waals surface area contributed by atoms with Gasteiger partial charge < -0.3 is 10.2 Å². The maximum absolute atomic E-state index is 3.78. The number of hydrogen-bond acceptors (Lipinski definition) is 2. The lowest BCUT2D eigenvalue weighted by molar-refractivity contribution is 0.313. The van der Waals surface area contributed by atoms with Gasteiger partial charge in [-0.3, -0.25) is 0 Å². The number of hydrogen-bond donors (Lipinski definition) is 1. The van der Waals surface area contributed by atoms with Crippen molar-refractivity contribution in [2.24, 2.45) is 5.92 Å². The van der Waals surface area contributed by atoms with E-state index in [1.54, 1.807) is 0 Å². The fraction of sp³-hybridized carbons (Fsp3) is 0.647. The first-order valence-electron chi connectivity index (χ1n) is 7.44. The van der Waals surface area contributed by atoms with Gasteiger partial charge in [0.2, 0.25) is 0 Å². The molecule has 2 atom stereocenters. The fourth-order valence-electron chi connectivity index (χ4n) is 2.31. The largest absolute Gasteiger partial charge is 0.308 e. The summed E-state index contributed by atoms with van der Waals surface area (Å²) in [7, 11) is 4.27. The molecule has 108 valence electrons. The molecule has 1 rings (SSSR count). The molecule has 0 aromatic heterocycles. The van der Waals surface area contributed by atoms with E-state index < -0.39 is 0 Å². The molecule has 0 saturated heterocycles. The average Bonchev–Trinajstić information content (AvgIpc) is 2.36. The molecular weight excluding hydrogens is 232 g/mol. The molecule has 1 N–H and O–H groups in total. The Morgan fingerprint density at radius 1 is 1.00 bits per heavy atom. The lowest BCUT2D eigenvalue weighted by Crippen LogP contribution is -2.36. The first-order chi connectivity index (χ1) is 8.99. The van der Waals surface area contributed by atoms with Crippen molar-refractivity contribution in [3.8, 4) is 0 Å². The Morgan fingerprint density at radius 2 is 1.63 bits per heavy atom. The molecule has 0 aliphatic heterocycles. The number of benzene rings is 1. The first-order valence-corrected chi connectivity index (χ1v) is 7.44. The van der Waals surface area contributed by atoms with Gasteiger partial charge in [-0.25, -0.2) is 0 Å². The van der Waals surface area contributed by atoms with Crippen LogP contribution in [0.4, 0.5) is 0 Å². The summed E-state index contributed by atoms with van der Waals surface area (Å²) in [5.41, 5.74) is 1.38. The Balaban J connectivity index is 2.60. The summed E-state index contributed by atoms with van der Waals surface area (Å²) in [4.78, 5) is 2.25. The monoisotopic (exact) mass is 262 g/mol. The summed E-state index contributed by atoms with van der Waals surface area (Å²) < 4.78 is 0. The number of rotatable bonds is 8. The number of nitrogens with one attached hydrogen (secondary N) is 1. The molecule has 2 nitrogen and oxygen atoms in total. The molecule has 0 radical (unpaired) electrons. The molecule has 0 saturated carbocycles. The summed E-state index contributed by atoms with van der Waals surface area (Å²) in [6, 6.07) is 11.7. The van der Waals surface area contributed by atoms with Gasteiger partial charge in [0.1, 0.15) is 0 Å². The van der Waals surface area contributed by atoms with Gasteiger partial charge in [-0.1, -0.05) is 44.2 Å². The topological polar surface area (TPSA) is 15.3 Å². The van der Waals surface area contributed by atoms with Crippen molar-refractivity contribution in [1.29, 1.82) is 0 Å². The van der Waals surface area contributed by atoms with Gasteiger partial charge in [0, 0.05) is 18.6 Å². The van der Waals surface area contributed by atoms with Crippen LogP contribution in [-0.4, -0.2) is 31.6 Å². The lowest BCUT2D eigenvalue weighted by atomic mass is 10.0. The predicted octanol–water partition coefficient (Wildman–Crippen LogP) is 3.70. The molecule has 2 unspecified atom stereocenters. The van der Waals surface area contributed by atoms with E-state index in [-0.39, 0.29) is 0 Å². The third-order valence-electron chi connectivity index (χ3n) is 3.41. The third-order valence-corrected chi connectivity index (χ3v) is 3.41. The molecule has 2 heteroatoms. The fourth-order valence-corrected chi connectivity index (χ4v) is 2.31. The van der Waals surface area contributed by atoms with E-state index in [2.05, 4.69) is 75.4 Å². The van der Waals surface area contributed by atoms with Crippen molar-refractivity contribution >= 4 is 0 Å². The maximum Gasteiger partial charge on any atom is 0.0451 e. The summed E-state index contributed by atoms with van der Waals surface area (Å²) in [5.74, 6) is 0.785. The molecule has 0 spiro atoms. The highest BCUT2D eigenvalue weighted by Gasteiger charge is 2.15. The van der Waals surface area contributed by atoms with Crippen molar-refractivity contribution in [2.75, 3.05) is 20.6 Å². The minimum absolute atomic E-state index is 0.415. The quantitative estimate of drug-likeness (QED) is 0.768. The number of likely N-dealkylation sites (N-methyl/N-ethyl adjacent to an activating group) is 1. The first kappa shape index (κ1) is 16.2. The molecule has 0 amide bonds. The molecule has 19 heavy (non-hydrogen) atoms.